The van der Waals surface area contributed by atoms with E-state index in [-0.39, 0.29) is 0 Å². The summed E-state index contributed by atoms with van der Waals surface area (Å²) >= 11 is 3.02. The summed E-state index contributed by atoms with van der Waals surface area (Å²) < 4.78 is 27.2. The second kappa shape index (κ2) is 3.10. The van der Waals surface area contributed by atoms with Crippen molar-refractivity contribution in [2.75, 3.05) is 6.61 Å². The quantitative estimate of drug-likeness (QED) is 0.846. The molecule has 0 unspecified atom stereocenters. The Hall–Kier alpha value is -0.490. The van der Waals surface area contributed by atoms with Crippen molar-refractivity contribution >= 4 is 15.9 Å². The molecule has 0 aliphatic carbocycles. The van der Waals surface area contributed by atoms with Gasteiger partial charge in [-0.1, -0.05) is 0 Å². The summed E-state index contributed by atoms with van der Waals surface area (Å²) in [6, 6.07) is 0. The number of hydrogen-bond donors (Lipinski definition) is 1. The number of aliphatic hydroxyl groups is 1. The zero-order chi connectivity index (χ0) is 9.35. The van der Waals surface area contributed by atoms with Gasteiger partial charge in [0.2, 0.25) is 0 Å². The Labute approximate surface area is 76.2 Å². The lowest BCUT2D eigenvalue weighted by molar-refractivity contribution is -0.0651. The predicted molar refractivity (Wildman–Crippen MR) is 41.9 cm³/mol. The molecule has 0 spiro atoms. The minimum absolute atomic E-state index is 0.447. The topological polar surface area (TPSA) is 38.0 Å². The standard InChI is InChI=1S/C6H7BrF2N2O/c1-11-4(7)2-10-5(11)6(8,9)3-12/h2,12H,3H2,1H3. The first-order valence-electron chi connectivity index (χ1n) is 3.15. The van der Waals surface area contributed by atoms with Crippen LogP contribution in [0.1, 0.15) is 5.82 Å². The molecule has 1 aromatic heterocycles. The lowest BCUT2D eigenvalue weighted by Gasteiger charge is -2.12. The number of aliphatic hydroxyl groups excluding tert-OH is 1. The maximum atomic E-state index is 12.8. The van der Waals surface area contributed by atoms with E-state index in [1.165, 1.54) is 17.8 Å². The first-order valence-corrected chi connectivity index (χ1v) is 3.94. The molecule has 1 rings (SSSR count). The smallest absolute Gasteiger partial charge is 0.327 e. The van der Waals surface area contributed by atoms with Gasteiger partial charge in [0, 0.05) is 7.05 Å². The summed E-state index contributed by atoms with van der Waals surface area (Å²) in [5.74, 6) is -3.72. The number of alkyl halides is 2. The molecule has 0 aliphatic rings. The minimum atomic E-state index is -3.28. The van der Waals surface area contributed by atoms with Gasteiger partial charge in [0.05, 0.1) is 6.20 Å². The van der Waals surface area contributed by atoms with Crippen LogP contribution >= 0.6 is 15.9 Å². The lowest BCUT2D eigenvalue weighted by atomic mass is 10.3. The van der Waals surface area contributed by atoms with Gasteiger partial charge < -0.3 is 9.67 Å². The van der Waals surface area contributed by atoms with Crippen molar-refractivity contribution in [3.05, 3.63) is 16.6 Å². The van der Waals surface area contributed by atoms with Crippen LogP contribution < -0.4 is 0 Å². The van der Waals surface area contributed by atoms with E-state index in [9.17, 15) is 8.78 Å². The monoisotopic (exact) mass is 240 g/mol. The van der Waals surface area contributed by atoms with Crippen LogP contribution in [0.3, 0.4) is 0 Å². The Bertz CT molecular complexity index is 287. The number of nitrogens with zero attached hydrogens (tertiary/aromatic N) is 2. The highest BCUT2D eigenvalue weighted by Crippen LogP contribution is 2.27. The van der Waals surface area contributed by atoms with Crippen molar-refractivity contribution in [3.8, 4) is 0 Å². The Morgan fingerprint density at radius 3 is 2.67 bits per heavy atom. The van der Waals surface area contributed by atoms with Crippen molar-refractivity contribution in [2.24, 2.45) is 7.05 Å². The first-order chi connectivity index (χ1) is 5.49. The highest BCUT2D eigenvalue weighted by atomic mass is 79.9. The second-order valence-electron chi connectivity index (χ2n) is 2.33. The molecule has 0 atom stereocenters. The molecule has 1 aromatic rings. The van der Waals surface area contributed by atoms with E-state index < -0.39 is 18.4 Å². The van der Waals surface area contributed by atoms with Crippen molar-refractivity contribution < 1.29 is 13.9 Å². The molecule has 0 fully saturated rings. The number of hydrogen-bond acceptors (Lipinski definition) is 2. The SMILES string of the molecule is Cn1c(Br)cnc1C(F)(F)CO. The summed E-state index contributed by atoms with van der Waals surface area (Å²) in [4.78, 5) is 3.46. The third-order valence-electron chi connectivity index (χ3n) is 1.46. The van der Waals surface area contributed by atoms with Crippen LogP contribution in [0.2, 0.25) is 0 Å². The van der Waals surface area contributed by atoms with Crippen LogP contribution in [-0.4, -0.2) is 21.3 Å². The zero-order valence-electron chi connectivity index (χ0n) is 6.26. The maximum Gasteiger partial charge on any atom is 0.327 e. The Kier molecular flexibility index (Phi) is 2.48. The van der Waals surface area contributed by atoms with Gasteiger partial charge in [-0.15, -0.1) is 0 Å². The summed E-state index contributed by atoms with van der Waals surface area (Å²) in [5, 5.41) is 8.36. The molecule has 0 aliphatic heterocycles. The molecule has 1 N–H and O–H groups in total. The number of halogens is 3. The summed E-state index contributed by atoms with van der Waals surface area (Å²) in [5.41, 5.74) is 0. The molecule has 0 saturated carbocycles. The summed E-state index contributed by atoms with van der Waals surface area (Å²) in [7, 11) is 1.44. The van der Waals surface area contributed by atoms with Gasteiger partial charge in [0.1, 0.15) is 11.2 Å². The number of aromatic nitrogens is 2. The molecule has 0 saturated heterocycles. The highest BCUT2D eigenvalue weighted by Gasteiger charge is 2.35. The van der Waals surface area contributed by atoms with Gasteiger partial charge in [0.25, 0.3) is 0 Å². The lowest BCUT2D eigenvalue weighted by Crippen LogP contribution is -2.23. The van der Waals surface area contributed by atoms with Crippen LogP contribution in [0.25, 0.3) is 0 Å². The highest BCUT2D eigenvalue weighted by molar-refractivity contribution is 9.10. The van der Waals surface area contributed by atoms with Crippen molar-refractivity contribution in [3.63, 3.8) is 0 Å². The van der Waals surface area contributed by atoms with Gasteiger partial charge >= 0.3 is 5.92 Å². The Balaban J connectivity index is 3.11. The van der Waals surface area contributed by atoms with E-state index >= 15 is 0 Å². The van der Waals surface area contributed by atoms with E-state index in [1.807, 2.05) is 0 Å². The molecule has 0 bridgehead atoms. The normalized spacial score (nSPS) is 12.1. The maximum absolute atomic E-state index is 12.8. The van der Waals surface area contributed by atoms with Crippen LogP contribution in [0, 0.1) is 0 Å². The molecule has 68 valence electrons. The molecular weight excluding hydrogens is 234 g/mol. The number of imidazole rings is 1. The molecule has 0 amide bonds. The summed E-state index contributed by atoms with van der Waals surface area (Å²) in [6.07, 6.45) is 1.26. The van der Waals surface area contributed by atoms with Gasteiger partial charge in [-0.2, -0.15) is 8.78 Å². The van der Waals surface area contributed by atoms with Crippen LogP contribution in [-0.2, 0) is 13.0 Å². The van der Waals surface area contributed by atoms with Crippen LogP contribution in [0.5, 0.6) is 0 Å². The van der Waals surface area contributed by atoms with Gasteiger partial charge in [-0.05, 0) is 15.9 Å². The molecule has 0 aromatic carbocycles. The molecule has 6 heteroatoms. The molecule has 1 heterocycles. The van der Waals surface area contributed by atoms with Gasteiger partial charge in [0.15, 0.2) is 5.82 Å². The fourth-order valence-electron chi connectivity index (χ4n) is 0.799. The molecule has 12 heavy (non-hydrogen) atoms. The molecular formula is C6H7BrF2N2O. The first kappa shape index (κ1) is 9.60. The average Bonchev–Trinajstić information content (AvgIpc) is 2.33. The van der Waals surface area contributed by atoms with Crippen molar-refractivity contribution in [2.45, 2.75) is 5.92 Å². The van der Waals surface area contributed by atoms with E-state index in [0.29, 0.717) is 4.60 Å². The third-order valence-corrected chi connectivity index (χ3v) is 2.19. The fraction of sp³-hybridized carbons (Fsp3) is 0.500. The van der Waals surface area contributed by atoms with Crippen molar-refractivity contribution in [1.29, 1.82) is 0 Å². The zero-order valence-corrected chi connectivity index (χ0v) is 7.85. The fourth-order valence-corrected chi connectivity index (χ4v) is 1.07. The van der Waals surface area contributed by atoms with Gasteiger partial charge in [-0.3, -0.25) is 0 Å². The number of rotatable bonds is 2. The Morgan fingerprint density at radius 1 is 1.75 bits per heavy atom. The minimum Gasteiger partial charge on any atom is -0.390 e. The van der Waals surface area contributed by atoms with E-state index in [1.54, 1.807) is 0 Å². The molecule has 0 radical (unpaired) electrons. The largest absolute Gasteiger partial charge is 0.390 e. The molecule has 3 nitrogen and oxygen atoms in total. The van der Waals surface area contributed by atoms with Crippen LogP contribution in [0.4, 0.5) is 8.78 Å². The van der Waals surface area contributed by atoms with E-state index in [4.69, 9.17) is 5.11 Å². The van der Waals surface area contributed by atoms with Gasteiger partial charge in [-0.25, -0.2) is 4.98 Å². The van der Waals surface area contributed by atoms with E-state index in [0.717, 1.165) is 0 Å². The predicted octanol–water partition coefficient (Wildman–Crippen LogP) is 1.27. The Morgan fingerprint density at radius 2 is 2.33 bits per heavy atom. The second-order valence-corrected chi connectivity index (χ2v) is 3.14. The van der Waals surface area contributed by atoms with Crippen molar-refractivity contribution in [1.82, 2.24) is 9.55 Å². The third kappa shape index (κ3) is 1.49. The average molecular weight is 241 g/mol. The summed E-state index contributed by atoms with van der Waals surface area (Å²) in [6.45, 7) is -1.23. The van der Waals surface area contributed by atoms with Crippen LogP contribution in [0.15, 0.2) is 10.8 Å². The van der Waals surface area contributed by atoms with E-state index in [2.05, 4.69) is 20.9 Å².